The van der Waals surface area contributed by atoms with Gasteiger partial charge in [0.05, 0.1) is 0 Å². The SMILES string of the molecule is CCCCC(CC)Cc1ccc(-c2c3c[c]([Sn]([CH2]CCC)([CH2]CCC)[CH2]CCC)sc3c(-c3ccc(CC(CC)CCCC)o3)c3c[c]([Sn]([CH2]CCC)([CH2]CCC)[CH2]CCC)sc23)o1. The Morgan fingerprint density at radius 1 is 0.422 bits per heavy atom. The van der Waals surface area contributed by atoms with Crippen LogP contribution >= 0.6 is 22.7 Å². The van der Waals surface area contributed by atoms with E-state index in [1.165, 1.54) is 198 Å². The zero-order chi connectivity index (χ0) is 46.0. The molecule has 0 fully saturated rings. The van der Waals surface area contributed by atoms with Crippen LogP contribution in [0.4, 0.5) is 0 Å². The summed E-state index contributed by atoms with van der Waals surface area (Å²) in [6.07, 6.45) is 28.4. The fourth-order valence-electron chi connectivity index (χ4n) is 11.1. The van der Waals surface area contributed by atoms with Gasteiger partial charge in [-0.1, -0.05) is 13.8 Å². The van der Waals surface area contributed by atoms with Crippen LogP contribution in [0.3, 0.4) is 0 Å². The third-order valence-electron chi connectivity index (χ3n) is 15.4. The number of hydrogen-bond donors (Lipinski definition) is 0. The van der Waals surface area contributed by atoms with Gasteiger partial charge >= 0.3 is 400 Å². The van der Waals surface area contributed by atoms with Gasteiger partial charge in [0, 0.05) is 0 Å². The second-order valence-electron chi connectivity index (χ2n) is 20.4. The molecule has 6 heteroatoms. The molecule has 0 bridgehead atoms. The first-order chi connectivity index (χ1) is 31.2. The van der Waals surface area contributed by atoms with E-state index >= 15 is 0 Å². The molecular weight excluding hydrogens is 1030 g/mol. The molecule has 0 spiro atoms. The van der Waals surface area contributed by atoms with Crippen molar-refractivity contribution in [2.45, 2.75) is 237 Å². The van der Waals surface area contributed by atoms with Gasteiger partial charge in [-0.05, 0) is 0 Å². The third kappa shape index (κ3) is 13.8. The molecule has 5 rings (SSSR count). The van der Waals surface area contributed by atoms with Crippen LogP contribution in [0.5, 0.6) is 0 Å². The number of thiophene rings is 2. The van der Waals surface area contributed by atoms with E-state index in [2.05, 4.69) is 128 Å². The quantitative estimate of drug-likeness (QED) is 0.0384. The van der Waals surface area contributed by atoms with Gasteiger partial charge in [-0.2, -0.15) is 0 Å². The standard InChI is InChI=1S/C34H40O2S2.6C4H9.2Sn/c1-5-9-11-23(7-3)21-25-13-15-29(35-25)31-27-17-19-38-34(27)32(28-18-20-37-33(28)31)30-16-14-26(36-30)22-24(8-4)12-10-6-2;6*1-3-4-2;;/h13-18,23-24H,5-12,21-22H2,1-4H3;6*1,3-4H2,2H3;;. The van der Waals surface area contributed by atoms with Crippen LogP contribution in [0, 0.1) is 11.8 Å². The van der Waals surface area contributed by atoms with Crippen LogP contribution in [0.25, 0.3) is 42.8 Å². The fourth-order valence-corrected chi connectivity index (χ4v) is 51.7. The molecular formula is C58H94O2S2Sn2. The summed E-state index contributed by atoms with van der Waals surface area (Å²) in [5.74, 6) is 5.97. The van der Waals surface area contributed by atoms with Crippen LogP contribution in [0.15, 0.2) is 45.2 Å². The van der Waals surface area contributed by atoms with Gasteiger partial charge < -0.3 is 0 Å². The van der Waals surface area contributed by atoms with E-state index < -0.39 is 36.8 Å². The minimum atomic E-state index is -2.83. The van der Waals surface area contributed by atoms with Crippen molar-refractivity contribution >= 4 is 85.4 Å². The number of benzene rings is 1. The average molecular weight is 1120 g/mol. The average Bonchev–Trinajstić information content (AvgIpc) is 4.16. The summed E-state index contributed by atoms with van der Waals surface area (Å²) in [6.45, 7) is 24.0. The van der Waals surface area contributed by atoms with E-state index in [0.717, 1.165) is 24.4 Å². The molecule has 4 heterocycles. The molecule has 0 saturated carbocycles. The van der Waals surface area contributed by atoms with Crippen molar-refractivity contribution in [2.75, 3.05) is 0 Å². The Kier molecular flexibility index (Phi) is 23.8. The van der Waals surface area contributed by atoms with Crippen LogP contribution in [0.2, 0.25) is 26.6 Å². The van der Waals surface area contributed by atoms with Crippen molar-refractivity contribution in [3.05, 3.63) is 47.9 Å². The number of furan rings is 2. The number of hydrogen-bond acceptors (Lipinski definition) is 4. The van der Waals surface area contributed by atoms with Crippen molar-refractivity contribution in [3.63, 3.8) is 0 Å². The molecule has 0 aliphatic carbocycles. The first kappa shape index (κ1) is 54.2. The summed E-state index contributed by atoms with van der Waals surface area (Å²) < 4.78 is 30.1. The van der Waals surface area contributed by atoms with Crippen molar-refractivity contribution in [1.29, 1.82) is 0 Å². The van der Waals surface area contributed by atoms with E-state index in [4.69, 9.17) is 8.83 Å². The predicted molar refractivity (Wildman–Crippen MR) is 296 cm³/mol. The van der Waals surface area contributed by atoms with E-state index in [1.54, 1.807) is 0 Å². The molecule has 0 radical (unpaired) electrons. The molecule has 358 valence electrons. The number of rotatable bonds is 34. The van der Waals surface area contributed by atoms with Crippen LogP contribution in [0.1, 0.15) is 209 Å². The predicted octanol–water partition coefficient (Wildman–Crippen LogP) is 20.3. The summed E-state index contributed by atoms with van der Waals surface area (Å²) in [5, 5.41) is 2.95. The third-order valence-corrected chi connectivity index (χ3v) is 54.2. The second-order valence-corrected chi connectivity index (χ2v) is 50.8. The first-order valence-electron chi connectivity index (χ1n) is 27.5. The van der Waals surface area contributed by atoms with Crippen LogP contribution in [-0.2, 0) is 12.8 Å². The van der Waals surface area contributed by atoms with Gasteiger partial charge in [0.2, 0.25) is 0 Å². The molecule has 4 aromatic heterocycles. The summed E-state index contributed by atoms with van der Waals surface area (Å²) in [4.78, 5) is 0. The Balaban J connectivity index is 1.89. The molecule has 0 aliphatic heterocycles. The van der Waals surface area contributed by atoms with Crippen molar-refractivity contribution < 1.29 is 8.83 Å². The summed E-state index contributed by atoms with van der Waals surface area (Å²) >= 11 is -1.18. The summed E-state index contributed by atoms with van der Waals surface area (Å²) in [6, 6.07) is 15.1. The molecule has 0 saturated heterocycles. The van der Waals surface area contributed by atoms with Crippen molar-refractivity contribution in [2.24, 2.45) is 11.8 Å². The Morgan fingerprint density at radius 2 is 0.734 bits per heavy atom. The van der Waals surface area contributed by atoms with Crippen LogP contribution in [-0.4, -0.2) is 36.8 Å². The van der Waals surface area contributed by atoms with Gasteiger partial charge in [-0.25, -0.2) is 0 Å². The first-order valence-corrected chi connectivity index (χ1v) is 44.1. The zero-order valence-corrected chi connectivity index (χ0v) is 50.4. The Morgan fingerprint density at radius 3 is 1.02 bits per heavy atom. The molecule has 1 aromatic carbocycles. The Hall–Kier alpha value is -0.703. The summed E-state index contributed by atoms with van der Waals surface area (Å²) in [7, 11) is 0. The Labute approximate surface area is 410 Å². The van der Waals surface area contributed by atoms with Gasteiger partial charge in [0.15, 0.2) is 0 Å². The monoisotopic (exact) mass is 1130 g/mol. The van der Waals surface area contributed by atoms with Gasteiger partial charge in [0.25, 0.3) is 0 Å². The topological polar surface area (TPSA) is 26.3 Å². The molecule has 2 atom stereocenters. The van der Waals surface area contributed by atoms with Crippen molar-refractivity contribution in [1.82, 2.24) is 0 Å². The molecule has 5 aromatic rings. The molecule has 0 N–H and O–H groups in total. The minimum absolute atomic E-state index is 0.681. The van der Waals surface area contributed by atoms with E-state index in [9.17, 15) is 0 Å². The fraction of sp³-hybridized carbons (Fsp3) is 0.690. The van der Waals surface area contributed by atoms with E-state index in [1.807, 2.05) is 5.79 Å². The van der Waals surface area contributed by atoms with Gasteiger partial charge in [-0.3, -0.25) is 0 Å². The van der Waals surface area contributed by atoms with Gasteiger partial charge in [-0.15, -0.1) is 0 Å². The molecule has 2 unspecified atom stereocenters. The van der Waals surface area contributed by atoms with Gasteiger partial charge in [0.1, 0.15) is 0 Å². The molecule has 64 heavy (non-hydrogen) atoms. The van der Waals surface area contributed by atoms with Crippen LogP contribution < -0.4 is 5.79 Å². The maximum absolute atomic E-state index is 7.24. The Bertz CT molecular complexity index is 1820. The van der Waals surface area contributed by atoms with E-state index in [0.29, 0.717) is 11.8 Å². The normalized spacial score (nSPS) is 13.5. The molecule has 0 amide bonds. The molecule has 2 nitrogen and oxygen atoms in total. The maximum atomic E-state index is 7.24. The zero-order valence-electron chi connectivity index (χ0n) is 43.1. The second kappa shape index (κ2) is 28.1. The number of unbranched alkanes of at least 4 members (excludes halogenated alkanes) is 8. The number of fused-ring (bicyclic) bond motifs is 2. The van der Waals surface area contributed by atoms with E-state index in [-0.39, 0.29) is 0 Å². The summed E-state index contributed by atoms with van der Waals surface area (Å²) in [5.41, 5.74) is 2.84. The molecule has 0 aliphatic rings. The van der Waals surface area contributed by atoms with Crippen molar-refractivity contribution in [3.8, 4) is 22.6 Å².